The Morgan fingerprint density at radius 1 is 1.14 bits per heavy atom. The molecule has 0 aliphatic carbocycles. The molecule has 0 spiro atoms. The first kappa shape index (κ1) is 13.8. The molecule has 21 heavy (non-hydrogen) atoms. The number of rotatable bonds is 5. The Bertz CT molecular complexity index is 587. The van der Waals surface area contributed by atoms with Crippen molar-refractivity contribution in [2.75, 3.05) is 19.6 Å². The zero-order valence-corrected chi connectivity index (χ0v) is 12.0. The largest absolute Gasteiger partial charge is 0.342 e. The number of aromatic nitrogens is 2. The Kier molecular flexibility index (Phi) is 4.31. The Hall–Kier alpha value is -2.14. The molecular formula is C16H20N4O. The van der Waals surface area contributed by atoms with E-state index in [9.17, 15) is 4.79 Å². The molecule has 2 heterocycles. The number of benzene rings is 1. The van der Waals surface area contributed by atoms with Crippen LogP contribution in [0.15, 0.2) is 42.6 Å². The van der Waals surface area contributed by atoms with Gasteiger partial charge in [-0.25, -0.2) is 4.68 Å². The summed E-state index contributed by atoms with van der Waals surface area (Å²) in [5.74, 6) is 0.190. The minimum absolute atomic E-state index is 0.190. The van der Waals surface area contributed by atoms with Crippen LogP contribution in [-0.2, 0) is 11.3 Å². The predicted octanol–water partition coefficient (Wildman–Crippen LogP) is 1.58. The van der Waals surface area contributed by atoms with Crippen LogP contribution in [0.4, 0.5) is 0 Å². The van der Waals surface area contributed by atoms with E-state index in [1.165, 1.54) is 0 Å². The Labute approximate surface area is 124 Å². The first-order valence-electron chi connectivity index (χ1n) is 7.41. The number of hydrogen-bond donors (Lipinski definition) is 1. The lowest BCUT2D eigenvalue weighted by molar-refractivity contribution is -0.129. The van der Waals surface area contributed by atoms with E-state index >= 15 is 0 Å². The van der Waals surface area contributed by atoms with Gasteiger partial charge in [-0.15, -0.1) is 0 Å². The first-order chi connectivity index (χ1) is 10.3. The van der Waals surface area contributed by atoms with E-state index in [1.807, 2.05) is 52.2 Å². The molecule has 1 aromatic heterocycles. The van der Waals surface area contributed by atoms with E-state index in [-0.39, 0.29) is 5.91 Å². The summed E-state index contributed by atoms with van der Waals surface area (Å²) in [6.07, 6.45) is 4.20. The molecule has 1 amide bonds. The fourth-order valence-corrected chi connectivity index (χ4v) is 2.56. The third kappa shape index (κ3) is 3.49. The maximum Gasteiger partial charge on any atom is 0.236 e. The fraction of sp³-hybridized carbons (Fsp3) is 0.375. The van der Waals surface area contributed by atoms with E-state index < -0.39 is 0 Å². The second-order valence-corrected chi connectivity index (χ2v) is 5.28. The van der Waals surface area contributed by atoms with Crippen LogP contribution in [0.1, 0.15) is 18.5 Å². The van der Waals surface area contributed by atoms with Crippen molar-refractivity contribution in [3.8, 4) is 5.69 Å². The normalized spacial score (nSPS) is 14.6. The average molecular weight is 284 g/mol. The molecule has 1 N–H and O–H groups in total. The van der Waals surface area contributed by atoms with Gasteiger partial charge in [0, 0.05) is 25.8 Å². The van der Waals surface area contributed by atoms with Crippen molar-refractivity contribution in [3.63, 3.8) is 0 Å². The molecule has 1 aliphatic rings. The molecule has 0 atom stereocenters. The molecular weight excluding hydrogens is 264 g/mol. The zero-order chi connectivity index (χ0) is 14.5. The van der Waals surface area contributed by atoms with E-state index in [0.717, 1.165) is 37.3 Å². The average Bonchev–Trinajstić information content (AvgIpc) is 3.20. The lowest BCUT2D eigenvalue weighted by atomic mass is 10.3. The maximum absolute atomic E-state index is 11.9. The molecule has 5 nitrogen and oxygen atoms in total. The molecule has 1 fully saturated rings. The Morgan fingerprint density at radius 2 is 1.90 bits per heavy atom. The van der Waals surface area contributed by atoms with E-state index in [0.29, 0.717) is 13.1 Å². The number of hydrogen-bond acceptors (Lipinski definition) is 3. The number of carbonyl (C=O) groups is 1. The molecule has 0 bridgehead atoms. The highest BCUT2D eigenvalue weighted by Crippen LogP contribution is 2.08. The summed E-state index contributed by atoms with van der Waals surface area (Å²) < 4.78 is 1.85. The molecule has 1 aliphatic heterocycles. The van der Waals surface area contributed by atoms with Crippen molar-refractivity contribution in [3.05, 3.63) is 48.3 Å². The molecule has 1 saturated heterocycles. The second kappa shape index (κ2) is 6.54. The molecule has 110 valence electrons. The Morgan fingerprint density at radius 3 is 2.67 bits per heavy atom. The van der Waals surface area contributed by atoms with Crippen molar-refractivity contribution < 1.29 is 4.79 Å². The lowest BCUT2D eigenvalue weighted by Crippen LogP contribution is -2.36. The van der Waals surface area contributed by atoms with Crippen LogP contribution < -0.4 is 5.32 Å². The van der Waals surface area contributed by atoms with Crippen molar-refractivity contribution >= 4 is 5.91 Å². The topological polar surface area (TPSA) is 50.2 Å². The molecule has 0 radical (unpaired) electrons. The minimum Gasteiger partial charge on any atom is -0.342 e. The number of likely N-dealkylation sites (tertiary alicyclic amines) is 1. The number of carbonyl (C=O) groups excluding carboxylic acids is 1. The maximum atomic E-state index is 11.9. The van der Waals surface area contributed by atoms with E-state index in [2.05, 4.69) is 10.4 Å². The van der Waals surface area contributed by atoms with Crippen LogP contribution in [0.3, 0.4) is 0 Å². The van der Waals surface area contributed by atoms with Gasteiger partial charge in [0.05, 0.1) is 17.9 Å². The van der Waals surface area contributed by atoms with E-state index in [1.54, 1.807) is 0 Å². The number of nitrogens with one attached hydrogen (secondary N) is 1. The molecule has 0 saturated carbocycles. The summed E-state index contributed by atoms with van der Waals surface area (Å²) in [5, 5.41) is 7.68. The third-order valence-corrected chi connectivity index (χ3v) is 3.71. The summed E-state index contributed by atoms with van der Waals surface area (Å²) in [6, 6.07) is 12.0. The van der Waals surface area contributed by atoms with Crippen LogP contribution in [0.2, 0.25) is 0 Å². The predicted molar refractivity (Wildman–Crippen MR) is 81.1 cm³/mol. The van der Waals surface area contributed by atoms with Crippen LogP contribution in [0.25, 0.3) is 5.69 Å². The monoisotopic (exact) mass is 284 g/mol. The summed E-state index contributed by atoms with van der Waals surface area (Å²) in [4.78, 5) is 13.8. The van der Waals surface area contributed by atoms with Crippen LogP contribution >= 0.6 is 0 Å². The molecule has 1 aromatic carbocycles. The highest BCUT2D eigenvalue weighted by Gasteiger charge is 2.17. The SMILES string of the molecule is O=C(CNCc1ccn(-c2ccccc2)n1)N1CCCC1. The van der Waals surface area contributed by atoms with Crippen molar-refractivity contribution in [2.24, 2.45) is 0 Å². The Balaban J connectivity index is 1.50. The molecule has 2 aromatic rings. The summed E-state index contributed by atoms with van der Waals surface area (Å²) in [5.41, 5.74) is 1.98. The lowest BCUT2D eigenvalue weighted by Gasteiger charge is -2.15. The number of para-hydroxylation sites is 1. The van der Waals surface area contributed by atoms with Crippen LogP contribution in [-0.4, -0.2) is 40.2 Å². The van der Waals surface area contributed by atoms with Gasteiger partial charge in [0.15, 0.2) is 0 Å². The van der Waals surface area contributed by atoms with E-state index in [4.69, 9.17) is 0 Å². The van der Waals surface area contributed by atoms with Crippen molar-refractivity contribution in [2.45, 2.75) is 19.4 Å². The smallest absolute Gasteiger partial charge is 0.236 e. The van der Waals surface area contributed by atoms with Gasteiger partial charge in [-0.1, -0.05) is 18.2 Å². The standard InChI is InChI=1S/C16H20N4O/c21-16(19-9-4-5-10-19)13-17-12-14-8-11-20(18-14)15-6-2-1-3-7-15/h1-3,6-8,11,17H,4-5,9-10,12-13H2. The number of amides is 1. The summed E-state index contributed by atoms with van der Waals surface area (Å²) in [6.45, 7) is 2.81. The van der Waals surface area contributed by atoms with Crippen molar-refractivity contribution in [1.29, 1.82) is 0 Å². The fourth-order valence-electron chi connectivity index (χ4n) is 2.56. The van der Waals surface area contributed by atoms with Gasteiger partial charge in [-0.05, 0) is 31.0 Å². The summed E-state index contributed by atoms with van der Waals surface area (Å²) in [7, 11) is 0. The molecule has 3 rings (SSSR count). The highest BCUT2D eigenvalue weighted by molar-refractivity contribution is 5.78. The summed E-state index contributed by atoms with van der Waals surface area (Å²) >= 11 is 0. The van der Waals surface area contributed by atoms with Gasteiger partial charge in [0.25, 0.3) is 0 Å². The first-order valence-corrected chi connectivity index (χ1v) is 7.41. The molecule has 5 heteroatoms. The van der Waals surface area contributed by atoms with Crippen LogP contribution in [0.5, 0.6) is 0 Å². The minimum atomic E-state index is 0.190. The third-order valence-electron chi connectivity index (χ3n) is 3.71. The second-order valence-electron chi connectivity index (χ2n) is 5.28. The van der Waals surface area contributed by atoms with Gasteiger partial charge in [-0.3, -0.25) is 4.79 Å². The van der Waals surface area contributed by atoms with Gasteiger partial charge >= 0.3 is 0 Å². The van der Waals surface area contributed by atoms with Gasteiger partial charge in [0.1, 0.15) is 0 Å². The highest BCUT2D eigenvalue weighted by atomic mass is 16.2. The zero-order valence-electron chi connectivity index (χ0n) is 12.0. The number of nitrogens with zero attached hydrogens (tertiary/aromatic N) is 3. The van der Waals surface area contributed by atoms with Crippen LogP contribution in [0, 0.1) is 0 Å². The van der Waals surface area contributed by atoms with Crippen molar-refractivity contribution in [1.82, 2.24) is 20.0 Å². The van der Waals surface area contributed by atoms with Gasteiger partial charge in [-0.2, -0.15) is 5.10 Å². The van der Waals surface area contributed by atoms with Gasteiger partial charge < -0.3 is 10.2 Å². The quantitative estimate of drug-likeness (QED) is 0.907. The molecule has 0 unspecified atom stereocenters. The van der Waals surface area contributed by atoms with Gasteiger partial charge in [0.2, 0.25) is 5.91 Å².